The molecule has 4 nitrogen and oxygen atoms in total. The molecule has 0 atom stereocenters. The van der Waals surface area contributed by atoms with Gasteiger partial charge in [-0.05, 0) is 58.4 Å². The van der Waals surface area contributed by atoms with E-state index in [0.717, 1.165) is 15.8 Å². The number of carbonyl (C=O) groups is 1. The molecule has 1 N–H and O–H groups in total. The van der Waals surface area contributed by atoms with Crippen LogP contribution in [0.3, 0.4) is 0 Å². The van der Waals surface area contributed by atoms with Gasteiger partial charge in [0.15, 0.2) is 0 Å². The van der Waals surface area contributed by atoms with Gasteiger partial charge in [0, 0.05) is 22.4 Å². The molecule has 0 radical (unpaired) electrons. The molecule has 0 saturated heterocycles. The minimum atomic E-state index is -0.145. The van der Waals surface area contributed by atoms with Crippen LogP contribution >= 0.6 is 15.9 Å². The smallest absolute Gasteiger partial charge is 0.255 e. The first-order valence-corrected chi connectivity index (χ1v) is 7.19. The third-order valence-electron chi connectivity index (χ3n) is 3.02. The topological polar surface area (TPSA) is 46.9 Å². The zero-order chi connectivity index (χ0) is 14.7. The lowest BCUT2D eigenvalue weighted by Crippen LogP contribution is -2.12. The first-order chi connectivity index (χ1) is 10.2. The number of nitrogens with one attached hydrogen (secondary N) is 1. The van der Waals surface area contributed by atoms with Crippen molar-refractivity contribution in [1.82, 2.24) is 9.78 Å². The van der Waals surface area contributed by atoms with Crippen molar-refractivity contribution < 1.29 is 4.79 Å². The van der Waals surface area contributed by atoms with Crippen LogP contribution in [0.4, 0.5) is 5.69 Å². The highest BCUT2D eigenvalue weighted by Crippen LogP contribution is 2.22. The normalized spacial score (nSPS) is 10.3. The zero-order valence-electron chi connectivity index (χ0n) is 11.0. The molecule has 104 valence electrons. The second-order valence-corrected chi connectivity index (χ2v) is 5.29. The fraction of sp³-hybridized carbons (Fsp3) is 0. The third-order valence-corrected chi connectivity index (χ3v) is 3.71. The van der Waals surface area contributed by atoms with E-state index in [2.05, 4.69) is 26.3 Å². The Hall–Kier alpha value is -2.40. The number of halogens is 1. The number of aromatic nitrogens is 2. The van der Waals surface area contributed by atoms with Crippen molar-refractivity contribution in [1.29, 1.82) is 0 Å². The fourth-order valence-electron chi connectivity index (χ4n) is 1.94. The molecular weight excluding hydrogens is 330 g/mol. The van der Waals surface area contributed by atoms with Crippen molar-refractivity contribution in [3.05, 3.63) is 77.0 Å². The Balaban J connectivity index is 1.78. The number of hydrogen-bond acceptors (Lipinski definition) is 2. The fourth-order valence-corrected chi connectivity index (χ4v) is 2.33. The van der Waals surface area contributed by atoms with Crippen molar-refractivity contribution in [2.75, 3.05) is 5.32 Å². The standard InChI is InChI=1S/C16H12BrN3O/c17-14-4-1-2-5-15(14)19-16(21)12-6-8-13(9-7-12)20-11-3-10-18-20/h1-11H,(H,19,21). The lowest BCUT2D eigenvalue weighted by atomic mass is 10.2. The monoisotopic (exact) mass is 341 g/mol. The second kappa shape index (κ2) is 5.93. The van der Waals surface area contributed by atoms with Gasteiger partial charge in [0.2, 0.25) is 0 Å². The maximum absolute atomic E-state index is 12.2. The summed E-state index contributed by atoms with van der Waals surface area (Å²) in [6.45, 7) is 0. The van der Waals surface area contributed by atoms with Crippen LogP contribution in [0.1, 0.15) is 10.4 Å². The molecule has 3 rings (SSSR count). The molecule has 0 aliphatic rings. The van der Waals surface area contributed by atoms with Crippen molar-refractivity contribution in [2.45, 2.75) is 0 Å². The number of benzene rings is 2. The summed E-state index contributed by atoms with van der Waals surface area (Å²) in [7, 11) is 0. The maximum Gasteiger partial charge on any atom is 0.255 e. The van der Waals surface area contributed by atoms with E-state index in [0.29, 0.717) is 5.56 Å². The predicted octanol–water partition coefficient (Wildman–Crippen LogP) is 3.89. The third kappa shape index (κ3) is 3.03. The van der Waals surface area contributed by atoms with Gasteiger partial charge in [-0.1, -0.05) is 12.1 Å². The maximum atomic E-state index is 12.2. The number of anilines is 1. The lowest BCUT2D eigenvalue weighted by molar-refractivity contribution is 0.102. The molecule has 0 saturated carbocycles. The van der Waals surface area contributed by atoms with Gasteiger partial charge in [-0.2, -0.15) is 5.10 Å². The van der Waals surface area contributed by atoms with E-state index in [9.17, 15) is 4.79 Å². The Bertz CT molecular complexity index is 751. The van der Waals surface area contributed by atoms with E-state index >= 15 is 0 Å². The van der Waals surface area contributed by atoms with Crippen molar-refractivity contribution in [3.8, 4) is 5.69 Å². The predicted molar refractivity (Wildman–Crippen MR) is 85.7 cm³/mol. The van der Waals surface area contributed by atoms with Crippen molar-refractivity contribution in [2.24, 2.45) is 0 Å². The Morgan fingerprint density at radius 1 is 1.05 bits per heavy atom. The molecule has 5 heteroatoms. The summed E-state index contributed by atoms with van der Waals surface area (Å²) in [5, 5.41) is 7.02. The highest BCUT2D eigenvalue weighted by Gasteiger charge is 2.08. The summed E-state index contributed by atoms with van der Waals surface area (Å²) in [5.74, 6) is -0.145. The molecule has 1 heterocycles. The molecular formula is C16H12BrN3O. The molecule has 0 bridgehead atoms. The molecule has 0 spiro atoms. The summed E-state index contributed by atoms with van der Waals surface area (Å²) < 4.78 is 2.60. The SMILES string of the molecule is O=C(Nc1ccccc1Br)c1ccc(-n2cccn2)cc1. The lowest BCUT2D eigenvalue weighted by Gasteiger charge is -2.08. The van der Waals surface area contributed by atoms with E-state index in [1.807, 2.05) is 48.7 Å². The van der Waals surface area contributed by atoms with Gasteiger partial charge in [-0.15, -0.1) is 0 Å². The summed E-state index contributed by atoms with van der Waals surface area (Å²) in [6.07, 6.45) is 3.57. The molecule has 0 fully saturated rings. The molecule has 1 amide bonds. The van der Waals surface area contributed by atoms with Crippen molar-refractivity contribution >= 4 is 27.5 Å². The number of nitrogens with zero attached hydrogens (tertiary/aromatic N) is 2. The highest BCUT2D eigenvalue weighted by atomic mass is 79.9. The largest absolute Gasteiger partial charge is 0.321 e. The van der Waals surface area contributed by atoms with Crippen LogP contribution in [0.25, 0.3) is 5.69 Å². The molecule has 21 heavy (non-hydrogen) atoms. The second-order valence-electron chi connectivity index (χ2n) is 4.43. The number of amides is 1. The van der Waals surface area contributed by atoms with Crippen molar-refractivity contribution in [3.63, 3.8) is 0 Å². The molecule has 0 aliphatic carbocycles. The van der Waals surface area contributed by atoms with E-state index < -0.39 is 0 Å². The summed E-state index contributed by atoms with van der Waals surface area (Å²) in [6, 6.07) is 16.7. The van der Waals surface area contributed by atoms with Gasteiger partial charge in [0.1, 0.15) is 0 Å². The summed E-state index contributed by atoms with van der Waals surface area (Å²) in [4.78, 5) is 12.2. The van der Waals surface area contributed by atoms with Crippen LogP contribution in [0.2, 0.25) is 0 Å². The minimum absolute atomic E-state index is 0.145. The average Bonchev–Trinajstić information content (AvgIpc) is 3.04. The van der Waals surface area contributed by atoms with Gasteiger partial charge in [0.05, 0.1) is 11.4 Å². The minimum Gasteiger partial charge on any atom is -0.321 e. The van der Waals surface area contributed by atoms with Crippen LogP contribution < -0.4 is 5.32 Å². The van der Waals surface area contributed by atoms with Crippen LogP contribution in [0.15, 0.2) is 71.5 Å². The van der Waals surface area contributed by atoms with Gasteiger partial charge in [-0.25, -0.2) is 4.68 Å². The molecule has 0 unspecified atom stereocenters. The molecule has 0 aliphatic heterocycles. The highest BCUT2D eigenvalue weighted by molar-refractivity contribution is 9.10. The van der Waals surface area contributed by atoms with Gasteiger partial charge >= 0.3 is 0 Å². The Kier molecular flexibility index (Phi) is 3.83. The Morgan fingerprint density at radius 2 is 1.81 bits per heavy atom. The first-order valence-electron chi connectivity index (χ1n) is 6.40. The number of hydrogen-bond donors (Lipinski definition) is 1. The molecule has 2 aromatic carbocycles. The van der Waals surface area contributed by atoms with E-state index in [4.69, 9.17) is 0 Å². The van der Waals surface area contributed by atoms with E-state index in [1.54, 1.807) is 23.0 Å². The van der Waals surface area contributed by atoms with E-state index in [1.165, 1.54) is 0 Å². The number of para-hydroxylation sites is 1. The van der Waals surface area contributed by atoms with Crippen LogP contribution in [-0.4, -0.2) is 15.7 Å². The van der Waals surface area contributed by atoms with Crippen LogP contribution in [0, 0.1) is 0 Å². The van der Waals surface area contributed by atoms with Gasteiger partial charge in [0.25, 0.3) is 5.91 Å². The quantitative estimate of drug-likeness (QED) is 0.785. The van der Waals surface area contributed by atoms with Gasteiger partial charge < -0.3 is 5.32 Å². The summed E-state index contributed by atoms with van der Waals surface area (Å²) >= 11 is 3.41. The van der Waals surface area contributed by atoms with Gasteiger partial charge in [-0.3, -0.25) is 4.79 Å². The summed E-state index contributed by atoms with van der Waals surface area (Å²) in [5.41, 5.74) is 2.26. The number of rotatable bonds is 3. The number of carbonyl (C=O) groups excluding carboxylic acids is 1. The van der Waals surface area contributed by atoms with Crippen LogP contribution in [-0.2, 0) is 0 Å². The molecule has 1 aromatic heterocycles. The Labute approximate surface area is 130 Å². The van der Waals surface area contributed by atoms with Crippen LogP contribution in [0.5, 0.6) is 0 Å². The first kappa shape index (κ1) is 13.6. The zero-order valence-corrected chi connectivity index (χ0v) is 12.6. The van der Waals surface area contributed by atoms with E-state index in [-0.39, 0.29) is 5.91 Å². The Morgan fingerprint density at radius 3 is 2.48 bits per heavy atom. The average molecular weight is 342 g/mol. The molecule has 3 aromatic rings.